The van der Waals surface area contributed by atoms with Crippen molar-refractivity contribution in [2.75, 3.05) is 5.75 Å². The van der Waals surface area contributed by atoms with Crippen molar-refractivity contribution in [1.29, 1.82) is 5.26 Å². The van der Waals surface area contributed by atoms with Gasteiger partial charge >= 0.3 is 0 Å². The molecule has 2 aromatic heterocycles. The molecule has 0 fully saturated rings. The summed E-state index contributed by atoms with van der Waals surface area (Å²) >= 11 is 0. The number of rotatable bonds is 5. The molecule has 0 saturated heterocycles. The molecule has 8 nitrogen and oxygen atoms in total. The van der Waals surface area contributed by atoms with Crippen LogP contribution in [0, 0.1) is 11.3 Å². The zero-order valence-electron chi connectivity index (χ0n) is 10.9. The number of aromatic nitrogens is 4. The molecular formula is C12H12N5O3S+. The molecule has 21 heavy (non-hydrogen) atoms. The summed E-state index contributed by atoms with van der Waals surface area (Å²) in [6, 6.07) is 5.16. The average molecular weight is 306 g/mol. The van der Waals surface area contributed by atoms with Crippen LogP contribution in [-0.2, 0) is 16.7 Å². The maximum Gasteiger partial charge on any atom is 0.265 e. The first-order chi connectivity index (χ1) is 9.98. The van der Waals surface area contributed by atoms with Crippen LogP contribution >= 0.6 is 0 Å². The summed E-state index contributed by atoms with van der Waals surface area (Å²) in [5.41, 5.74) is 0.919. The molecule has 2 heterocycles. The molecule has 108 valence electrons. The smallest absolute Gasteiger partial charge is 0.265 e. The second-order valence-electron chi connectivity index (χ2n) is 4.20. The molecular weight excluding hydrogens is 294 g/mol. The SMILES string of the molecule is N#Cc1ccnc(-c2cc[n+](CCCS(=O)(=O)O)nc2)n1. The number of nitrogens with zero attached hydrogens (tertiary/aromatic N) is 5. The van der Waals surface area contributed by atoms with Crippen molar-refractivity contribution in [2.45, 2.75) is 13.0 Å². The van der Waals surface area contributed by atoms with Crippen molar-refractivity contribution >= 4 is 10.1 Å². The van der Waals surface area contributed by atoms with Crippen LogP contribution in [0.3, 0.4) is 0 Å². The Hall–Kier alpha value is -2.44. The van der Waals surface area contributed by atoms with E-state index in [4.69, 9.17) is 9.81 Å². The Morgan fingerprint density at radius 1 is 1.38 bits per heavy atom. The monoisotopic (exact) mass is 306 g/mol. The number of hydrogen-bond acceptors (Lipinski definition) is 6. The van der Waals surface area contributed by atoms with Crippen molar-refractivity contribution in [1.82, 2.24) is 15.1 Å². The minimum Gasteiger partial charge on any atom is -0.286 e. The highest BCUT2D eigenvalue weighted by Crippen LogP contribution is 2.10. The van der Waals surface area contributed by atoms with E-state index < -0.39 is 10.1 Å². The molecule has 0 bridgehead atoms. The Morgan fingerprint density at radius 2 is 2.19 bits per heavy atom. The molecule has 0 aliphatic carbocycles. The highest BCUT2D eigenvalue weighted by molar-refractivity contribution is 7.85. The van der Waals surface area contributed by atoms with Gasteiger partial charge in [-0.15, -0.1) is 0 Å². The van der Waals surface area contributed by atoms with Crippen molar-refractivity contribution in [3.8, 4) is 17.5 Å². The topological polar surface area (TPSA) is 121 Å². The second kappa shape index (κ2) is 6.34. The van der Waals surface area contributed by atoms with E-state index in [1.54, 1.807) is 16.9 Å². The third-order valence-electron chi connectivity index (χ3n) is 2.59. The van der Waals surface area contributed by atoms with Gasteiger partial charge in [0.25, 0.3) is 10.1 Å². The lowest BCUT2D eigenvalue weighted by Crippen LogP contribution is -2.38. The summed E-state index contributed by atoms with van der Waals surface area (Å²) < 4.78 is 31.4. The van der Waals surface area contributed by atoms with Crippen LogP contribution < -0.4 is 4.68 Å². The summed E-state index contributed by atoms with van der Waals surface area (Å²) in [6.07, 6.45) is 4.94. The molecule has 2 rings (SSSR count). The third kappa shape index (κ3) is 4.55. The van der Waals surface area contributed by atoms with Gasteiger partial charge in [0.2, 0.25) is 0 Å². The van der Waals surface area contributed by atoms with E-state index in [0.717, 1.165) is 0 Å². The second-order valence-corrected chi connectivity index (χ2v) is 5.77. The number of nitriles is 1. The minimum atomic E-state index is -3.94. The minimum absolute atomic E-state index is 0.260. The average Bonchev–Trinajstić information content (AvgIpc) is 2.47. The van der Waals surface area contributed by atoms with Gasteiger partial charge in [-0.1, -0.05) is 4.68 Å². The predicted octanol–water partition coefficient (Wildman–Crippen LogP) is -0.0243. The molecule has 0 saturated carbocycles. The van der Waals surface area contributed by atoms with Gasteiger partial charge in [-0.05, 0) is 11.2 Å². The summed E-state index contributed by atoms with van der Waals surface area (Å²) in [5, 5.41) is 12.9. The molecule has 2 aromatic rings. The lowest BCUT2D eigenvalue weighted by Gasteiger charge is -1.98. The Kier molecular flexibility index (Phi) is 4.52. The largest absolute Gasteiger partial charge is 0.286 e. The van der Waals surface area contributed by atoms with Gasteiger partial charge in [0.05, 0.1) is 5.75 Å². The third-order valence-corrected chi connectivity index (χ3v) is 3.39. The molecule has 0 unspecified atom stereocenters. The predicted molar refractivity (Wildman–Crippen MR) is 71.2 cm³/mol. The van der Waals surface area contributed by atoms with Crippen LogP contribution in [0.5, 0.6) is 0 Å². The van der Waals surface area contributed by atoms with Gasteiger partial charge in [-0.2, -0.15) is 13.7 Å². The number of aryl methyl sites for hydroxylation is 1. The van der Waals surface area contributed by atoms with Gasteiger partial charge in [-0.25, -0.2) is 9.97 Å². The molecule has 9 heteroatoms. The highest BCUT2D eigenvalue weighted by Gasteiger charge is 2.10. The fraction of sp³-hybridized carbons (Fsp3) is 0.250. The molecule has 0 aliphatic rings. The summed E-state index contributed by atoms with van der Waals surface area (Å²) in [6.45, 7) is 0.360. The summed E-state index contributed by atoms with van der Waals surface area (Å²) in [4.78, 5) is 8.11. The van der Waals surface area contributed by atoms with Crippen molar-refractivity contribution in [2.24, 2.45) is 0 Å². The maximum absolute atomic E-state index is 10.6. The molecule has 1 N–H and O–H groups in total. The Labute approximate surface area is 121 Å². The van der Waals surface area contributed by atoms with Crippen LogP contribution in [0.4, 0.5) is 0 Å². The van der Waals surface area contributed by atoms with Gasteiger partial charge in [0.1, 0.15) is 18.0 Å². The molecule has 0 aliphatic heterocycles. The van der Waals surface area contributed by atoms with Crippen molar-refractivity contribution in [3.63, 3.8) is 0 Å². The Bertz CT molecular complexity index is 768. The van der Waals surface area contributed by atoms with Gasteiger partial charge in [0, 0.05) is 24.2 Å². The first-order valence-electron chi connectivity index (χ1n) is 6.02. The van der Waals surface area contributed by atoms with E-state index in [9.17, 15) is 8.42 Å². The first-order valence-corrected chi connectivity index (χ1v) is 7.63. The fourth-order valence-electron chi connectivity index (χ4n) is 1.62. The highest BCUT2D eigenvalue weighted by atomic mass is 32.2. The summed E-state index contributed by atoms with van der Waals surface area (Å²) in [5.74, 6) is 0.0863. The van der Waals surface area contributed by atoms with Crippen molar-refractivity contribution < 1.29 is 17.7 Å². The Morgan fingerprint density at radius 3 is 2.81 bits per heavy atom. The zero-order valence-corrected chi connectivity index (χ0v) is 11.7. The molecule has 0 radical (unpaired) electrons. The molecule has 0 amide bonds. The van der Waals surface area contributed by atoms with E-state index in [2.05, 4.69) is 15.1 Å². The van der Waals surface area contributed by atoms with Gasteiger partial charge in [0.15, 0.2) is 18.6 Å². The summed E-state index contributed by atoms with van der Waals surface area (Å²) in [7, 11) is -3.94. The van der Waals surface area contributed by atoms with Crippen LogP contribution in [-0.4, -0.2) is 33.8 Å². The van der Waals surface area contributed by atoms with E-state index >= 15 is 0 Å². The Balaban J connectivity index is 2.06. The van der Waals surface area contributed by atoms with Crippen LogP contribution in [0.25, 0.3) is 11.4 Å². The van der Waals surface area contributed by atoms with E-state index in [1.165, 1.54) is 18.5 Å². The molecule has 0 atom stereocenters. The van der Waals surface area contributed by atoms with Gasteiger partial charge in [-0.3, -0.25) is 4.55 Å². The lowest BCUT2D eigenvalue weighted by atomic mass is 10.3. The first kappa shape index (κ1) is 15.0. The van der Waals surface area contributed by atoms with Crippen LogP contribution in [0.2, 0.25) is 0 Å². The molecule has 0 aromatic carbocycles. The van der Waals surface area contributed by atoms with Crippen molar-refractivity contribution in [3.05, 3.63) is 36.4 Å². The standard InChI is InChI=1S/C12H11N5O3S/c13-8-11-2-4-14-12(16-11)10-3-6-17(15-9-10)5-1-7-21(18,19)20/h2-4,6,9H,1,5,7H2/p+1. The van der Waals surface area contributed by atoms with Crippen LogP contribution in [0.1, 0.15) is 12.1 Å². The van der Waals surface area contributed by atoms with E-state index in [-0.39, 0.29) is 17.9 Å². The number of hydrogen-bond donors (Lipinski definition) is 1. The van der Waals surface area contributed by atoms with E-state index in [1.807, 2.05) is 6.07 Å². The zero-order chi connectivity index (χ0) is 15.3. The quantitative estimate of drug-likeness (QED) is 0.608. The van der Waals surface area contributed by atoms with E-state index in [0.29, 0.717) is 17.9 Å². The van der Waals surface area contributed by atoms with Crippen LogP contribution in [0.15, 0.2) is 30.7 Å². The normalized spacial score (nSPS) is 11.0. The fourth-order valence-corrected chi connectivity index (χ4v) is 2.11. The maximum atomic E-state index is 10.6. The van der Waals surface area contributed by atoms with Gasteiger partial charge < -0.3 is 0 Å². The molecule has 0 spiro atoms. The lowest BCUT2D eigenvalue weighted by molar-refractivity contribution is -0.753.